The first-order valence-corrected chi connectivity index (χ1v) is 11.0. The van der Waals surface area contributed by atoms with Gasteiger partial charge in [-0.1, -0.05) is 17.7 Å². The Morgan fingerprint density at radius 1 is 1.50 bits per heavy atom. The van der Waals surface area contributed by atoms with Crippen molar-refractivity contribution >= 4 is 44.2 Å². The number of halogens is 2. The standard InChI is InChI=1S/C15H22ClIN2O4S/c1-24(20,21)19-5-6-22-10-15-12(9-18-4-7-23-15)11-2-3-14(17)13(16)8-11/h2-3,8,12,15,18-19H,4-7,9-10H2,1H3/t12-,15-/m0/s1. The molecule has 1 saturated heterocycles. The third-order valence-electron chi connectivity index (χ3n) is 3.69. The largest absolute Gasteiger partial charge is 0.377 e. The molecule has 2 N–H and O–H groups in total. The Hall–Kier alpha value is 0.0300. The highest BCUT2D eigenvalue weighted by molar-refractivity contribution is 14.1. The van der Waals surface area contributed by atoms with Gasteiger partial charge in [0.1, 0.15) is 0 Å². The molecule has 0 amide bonds. The lowest BCUT2D eigenvalue weighted by molar-refractivity contribution is -0.0177. The van der Waals surface area contributed by atoms with E-state index in [4.69, 9.17) is 21.1 Å². The van der Waals surface area contributed by atoms with Crippen LogP contribution in [0, 0.1) is 3.57 Å². The van der Waals surface area contributed by atoms with Gasteiger partial charge in [-0.25, -0.2) is 13.1 Å². The van der Waals surface area contributed by atoms with E-state index in [-0.39, 0.29) is 18.6 Å². The summed E-state index contributed by atoms with van der Waals surface area (Å²) in [4.78, 5) is 0. The highest BCUT2D eigenvalue weighted by Gasteiger charge is 2.26. The maximum absolute atomic E-state index is 11.0. The second-order valence-electron chi connectivity index (χ2n) is 5.63. The lowest BCUT2D eigenvalue weighted by Gasteiger charge is -2.25. The molecule has 9 heteroatoms. The van der Waals surface area contributed by atoms with Crippen molar-refractivity contribution in [2.24, 2.45) is 0 Å². The highest BCUT2D eigenvalue weighted by Crippen LogP contribution is 2.28. The number of hydrogen-bond acceptors (Lipinski definition) is 5. The molecule has 2 rings (SSSR count). The molecule has 1 aromatic rings. The maximum atomic E-state index is 11.0. The molecule has 0 radical (unpaired) electrons. The van der Waals surface area contributed by atoms with Crippen LogP contribution in [0.2, 0.25) is 5.02 Å². The molecule has 1 aromatic carbocycles. The third kappa shape index (κ3) is 6.74. The van der Waals surface area contributed by atoms with Crippen LogP contribution in [0.4, 0.5) is 0 Å². The Bertz CT molecular complexity index is 644. The molecule has 2 atom stereocenters. The van der Waals surface area contributed by atoms with Crippen molar-refractivity contribution in [1.29, 1.82) is 0 Å². The van der Waals surface area contributed by atoms with E-state index < -0.39 is 10.0 Å². The lowest BCUT2D eigenvalue weighted by atomic mass is 9.93. The Morgan fingerprint density at radius 2 is 2.29 bits per heavy atom. The molecule has 1 aliphatic rings. The predicted molar refractivity (Wildman–Crippen MR) is 103 cm³/mol. The molecule has 1 fully saturated rings. The van der Waals surface area contributed by atoms with Crippen LogP contribution in [0.15, 0.2) is 18.2 Å². The average Bonchev–Trinajstić information content (AvgIpc) is 2.74. The zero-order valence-electron chi connectivity index (χ0n) is 13.4. The van der Waals surface area contributed by atoms with E-state index in [1.807, 2.05) is 12.1 Å². The first-order chi connectivity index (χ1) is 11.4. The molecule has 0 bridgehead atoms. The van der Waals surface area contributed by atoms with Crippen LogP contribution in [0.5, 0.6) is 0 Å². The fourth-order valence-corrected chi connectivity index (χ4v) is 3.50. The summed E-state index contributed by atoms with van der Waals surface area (Å²) in [5.41, 5.74) is 1.11. The minimum absolute atomic E-state index is 0.102. The van der Waals surface area contributed by atoms with Crippen LogP contribution in [0.1, 0.15) is 11.5 Å². The Balaban J connectivity index is 1.95. The van der Waals surface area contributed by atoms with Crippen molar-refractivity contribution in [3.8, 4) is 0 Å². The van der Waals surface area contributed by atoms with E-state index in [1.165, 1.54) is 0 Å². The van der Waals surface area contributed by atoms with E-state index >= 15 is 0 Å². The molecule has 0 aromatic heterocycles. The summed E-state index contributed by atoms with van der Waals surface area (Å²) >= 11 is 8.45. The van der Waals surface area contributed by atoms with E-state index in [9.17, 15) is 8.42 Å². The molecular formula is C15H22ClIN2O4S. The smallest absolute Gasteiger partial charge is 0.208 e. The number of ether oxygens (including phenoxy) is 2. The first kappa shape index (κ1) is 20.3. The summed E-state index contributed by atoms with van der Waals surface area (Å²) in [6, 6.07) is 6.03. The molecule has 0 spiro atoms. The molecule has 6 nitrogen and oxygen atoms in total. The Morgan fingerprint density at radius 3 is 3.00 bits per heavy atom. The summed E-state index contributed by atoms with van der Waals surface area (Å²) < 4.78 is 37.0. The van der Waals surface area contributed by atoms with Gasteiger partial charge in [-0.3, -0.25) is 0 Å². The van der Waals surface area contributed by atoms with Crippen molar-refractivity contribution < 1.29 is 17.9 Å². The topological polar surface area (TPSA) is 76.7 Å². The third-order valence-corrected chi connectivity index (χ3v) is 5.99. The van der Waals surface area contributed by atoms with Gasteiger partial charge in [0.2, 0.25) is 10.0 Å². The summed E-state index contributed by atoms with van der Waals surface area (Å²) in [5, 5.41) is 4.10. The van der Waals surface area contributed by atoms with Gasteiger partial charge >= 0.3 is 0 Å². The van der Waals surface area contributed by atoms with Crippen LogP contribution in [0.3, 0.4) is 0 Å². The predicted octanol–water partition coefficient (Wildman–Crippen LogP) is 1.58. The fourth-order valence-electron chi connectivity index (χ4n) is 2.53. The maximum Gasteiger partial charge on any atom is 0.208 e. The Kier molecular flexibility index (Phi) is 8.18. The van der Waals surface area contributed by atoms with E-state index in [1.54, 1.807) is 0 Å². The number of nitrogens with one attached hydrogen (secondary N) is 2. The normalized spacial score (nSPS) is 22.3. The summed E-state index contributed by atoms with van der Waals surface area (Å²) in [5.74, 6) is 0.130. The summed E-state index contributed by atoms with van der Waals surface area (Å²) in [7, 11) is -3.18. The minimum Gasteiger partial charge on any atom is -0.377 e. The molecule has 136 valence electrons. The number of sulfonamides is 1. The Labute approximate surface area is 161 Å². The SMILES string of the molecule is CS(=O)(=O)NCCOC[C@@H]1OCCNC[C@H]1c1ccc(I)c(Cl)c1. The van der Waals surface area contributed by atoms with E-state index in [0.29, 0.717) is 19.8 Å². The van der Waals surface area contributed by atoms with E-state index in [0.717, 1.165) is 33.5 Å². The number of rotatable bonds is 7. The van der Waals surface area contributed by atoms with Gasteiger partial charge in [-0.05, 0) is 40.3 Å². The van der Waals surface area contributed by atoms with Gasteiger partial charge in [0.25, 0.3) is 0 Å². The zero-order chi connectivity index (χ0) is 17.6. The molecule has 24 heavy (non-hydrogen) atoms. The quantitative estimate of drug-likeness (QED) is 0.450. The van der Waals surface area contributed by atoms with Crippen LogP contribution in [-0.2, 0) is 19.5 Å². The van der Waals surface area contributed by atoms with E-state index in [2.05, 4.69) is 38.7 Å². The van der Waals surface area contributed by atoms with Crippen molar-refractivity contribution in [2.45, 2.75) is 12.0 Å². The zero-order valence-corrected chi connectivity index (χ0v) is 17.2. The van der Waals surface area contributed by atoms with Crippen molar-refractivity contribution in [3.05, 3.63) is 32.4 Å². The van der Waals surface area contributed by atoms with Crippen LogP contribution in [0.25, 0.3) is 0 Å². The molecule has 0 unspecified atom stereocenters. The van der Waals surface area contributed by atoms with Gasteiger partial charge in [0.15, 0.2) is 0 Å². The second kappa shape index (κ2) is 9.65. The fraction of sp³-hybridized carbons (Fsp3) is 0.600. The number of benzene rings is 1. The first-order valence-electron chi connectivity index (χ1n) is 7.66. The molecular weight excluding hydrogens is 467 g/mol. The summed E-state index contributed by atoms with van der Waals surface area (Å²) in [6.45, 7) is 3.16. The van der Waals surface area contributed by atoms with Gasteiger partial charge < -0.3 is 14.8 Å². The van der Waals surface area contributed by atoms with Gasteiger partial charge in [0, 0.05) is 29.1 Å². The lowest BCUT2D eigenvalue weighted by Crippen LogP contribution is -2.32. The van der Waals surface area contributed by atoms with Crippen LogP contribution in [-0.4, -0.2) is 60.2 Å². The molecule has 0 aliphatic carbocycles. The monoisotopic (exact) mass is 488 g/mol. The average molecular weight is 489 g/mol. The van der Waals surface area contributed by atoms with Gasteiger partial charge in [-0.15, -0.1) is 0 Å². The number of hydrogen-bond donors (Lipinski definition) is 2. The van der Waals surface area contributed by atoms with Crippen molar-refractivity contribution in [2.75, 3.05) is 45.7 Å². The molecule has 1 aliphatic heterocycles. The molecule has 1 heterocycles. The summed E-state index contributed by atoms with van der Waals surface area (Å²) in [6.07, 6.45) is 1.03. The second-order valence-corrected chi connectivity index (χ2v) is 9.04. The molecule has 0 saturated carbocycles. The minimum atomic E-state index is -3.18. The van der Waals surface area contributed by atoms with Crippen LogP contribution < -0.4 is 10.0 Å². The van der Waals surface area contributed by atoms with Crippen molar-refractivity contribution in [3.63, 3.8) is 0 Å². The van der Waals surface area contributed by atoms with Crippen LogP contribution >= 0.6 is 34.2 Å². The van der Waals surface area contributed by atoms with Gasteiger partial charge in [-0.2, -0.15) is 0 Å². The van der Waals surface area contributed by atoms with Crippen molar-refractivity contribution in [1.82, 2.24) is 10.0 Å². The highest BCUT2D eigenvalue weighted by atomic mass is 127. The van der Waals surface area contributed by atoms with Gasteiger partial charge in [0.05, 0.1) is 37.2 Å².